The largest absolute Gasteiger partial charge is 0.454 e. The van der Waals surface area contributed by atoms with Gasteiger partial charge in [-0.1, -0.05) is 11.6 Å². The first-order valence-electron chi connectivity index (χ1n) is 6.19. The van der Waals surface area contributed by atoms with Crippen LogP contribution >= 0.6 is 22.9 Å². The van der Waals surface area contributed by atoms with E-state index in [0.29, 0.717) is 16.7 Å². The zero-order chi connectivity index (χ0) is 14.4. The van der Waals surface area contributed by atoms with Crippen molar-refractivity contribution in [2.24, 2.45) is 0 Å². The number of H-pyrrole nitrogens is 1. The van der Waals surface area contributed by atoms with Gasteiger partial charge in [-0.3, -0.25) is 0 Å². The molecule has 4 aromatic rings. The molecule has 0 radical (unpaired) electrons. The zero-order valence-corrected chi connectivity index (χ0v) is 12.1. The van der Waals surface area contributed by atoms with Gasteiger partial charge in [0.15, 0.2) is 5.76 Å². The fourth-order valence-electron chi connectivity index (χ4n) is 2.13. The first-order valence-corrected chi connectivity index (χ1v) is 7.45. The van der Waals surface area contributed by atoms with Crippen molar-refractivity contribution in [2.75, 3.05) is 0 Å². The van der Waals surface area contributed by atoms with Gasteiger partial charge in [-0.25, -0.2) is 9.37 Å². The summed E-state index contributed by atoms with van der Waals surface area (Å²) in [6, 6.07) is 8.48. The van der Waals surface area contributed by atoms with Crippen molar-refractivity contribution in [1.82, 2.24) is 9.97 Å². The molecule has 0 saturated carbocycles. The summed E-state index contributed by atoms with van der Waals surface area (Å²) in [4.78, 5) is 7.64. The molecule has 0 bridgehead atoms. The Kier molecular flexibility index (Phi) is 2.83. The van der Waals surface area contributed by atoms with Crippen LogP contribution in [0.5, 0.6) is 0 Å². The molecular weight excluding hydrogens is 311 g/mol. The van der Waals surface area contributed by atoms with Gasteiger partial charge in [0, 0.05) is 23.0 Å². The van der Waals surface area contributed by atoms with Gasteiger partial charge in [0.05, 0.1) is 10.7 Å². The average Bonchev–Trinajstić information content (AvgIpc) is 3.18. The Morgan fingerprint density at radius 2 is 2.19 bits per heavy atom. The highest BCUT2D eigenvalue weighted by atomic mass is 35.5. The average molecular weight is 319 g/mol. The van der Waals surface area contributed by atoms with Gasteiger partial charge < -0.3 is 9.40 Å². The molecule has 0 aliphatic carbocycles. The van der Waals surface area contributed by atoms with Gasteiger partial charge in [0.2, 0.25) is 0 Å². The number of aromatic amines is 1. The SMILES string of the molecule is Fc1cc2cc(-c3csc(-c4ccc[nH]4)n3)oc2cc1Cl. The van der Waals surface area contributed by atoms with E-state index in [4.69, 9.17) is 16.0 Å². The molecule has 4 rings (SSSR count). The van der Waals surface area contributed by atoms with Crippen LogP contribution in [-0.4, -0.2) is 9.97 Å². The Hall–Kier alpha value is -2.11. The third-order valence-corrected chi connectivity index (χ3v) is 4.31. The van der Waals surface area contributed by atoms with Crippen LogP contribution in [-0.2, 0) is 0 Å². The standard InChI is InChI=1S/C15H8ClFN2OS/c16-9-6-13-8(4-10(9)17)5-14(20-13)12-7-21-15(19-12)11-2-1-3-18-11/h1-7,18H. The lowest BCUT2D eigenvalue weighted by atomic mass is 10.2. The van der Waals surface area contributed by atoms with Crippen molar-refractivity contribution < 1.29 is 8.81 Å². The fourth-order valence-corrected chi connectivity index (χ4v) is 3.09. The van der Waals surface area contributed by atoms with E-state index in [1.165, 1.54) is 23.5 Å². The molecule has 1 aromatic carbocycles. The molecule has 6 heteroatoms. The minimum atomic E-state index is -0.457. The Bertz CT molecular complexity index is 888. The molecule has 104 valence electrons. The fraction of sp³-hybridized carbons (Fsp3) is 0. The van der Waals surface area contributed by atoms with Gasteiger partial charge >= 0.3 is 0 Å². The lowest BCUT2D eigenvalue weighted by Gasteiger charge is -1.92. The molecule has 3 aromatic heterocycles. The summed E-state index contributed by atoms with van der Waals surface area (Å²) in [5, 5.41) is 3.50. The molecule has 0 aliphatic rings. The monoisotopic (exact) mass is 318 g/mol. The molecule has 0 amide bonds. The van der Waals surface area contributed by atoms with Crippen LogP contribution in [0.1, 0.15) is 0 Å². The number of furan rings is 1. The Labute approximate surface area is 128 Å². The van der Waals surface area contributed by atoms with E-state index >= 15 is 0 Å². The molecule has 0 saturated heterocycles. The van der Waals surface area contributed by atoms with Crippen LogP contribution in [0, 0.1) is 5.82 Å². The third-order valence-electron chi connectivity index (χ3n) is 3.14. The van der Waals surface area contributed by atoms with Crippen molar-refractivity contribution in [1.29, 1.82) is 0 Å². The molecule has 3 nitrogen and oxygen atoms in total. The number of rotatable bonds is 2. The van der Waals surface area contributed by atoms with Crippen molar-refractivity contribution in [3.8, 4) is 22.2 Å². The van der Waals surface area contributed by atoms with E-state index in [0.717, 1.165) is 16.4 Å². The summed E-state index contributed by atoms with van der Waals surface area (Å²) in [7, 11) is 0. The van der Waals surface area contributed by atoms with E-state index in [9.17, 15) is 4.39 Å². The highest BCUT2D eigenvalue weighted by molar-refractivity contribution is 7.13. The minimum absolute atomic E-state index is 0.0498. The number of halogens is 2. The van der Waals surface area contributed by atoms with E-state index in [1.807, 2.05) is 23.7 Å². The maximum atomic E-state index is 13.5. The van der Waals surface area contributed by atoms with Gasteiger partial charge in [-0.15, -0.1) is 11.3 Å². The first kappa shape index (κ1) is 12.6. The second-order valence-corrected chi connectivity index (χ2v) is 5.80. The molecule has 0 aliphatic heterocycles. The number of thiazole rings is 1. The van der Waals surface area contributed by atoms with Crippen LogP contribution in [0.3, 0.4) is 0 Å². The summed E-state index contributed by atoms with van der Waals surface area (Å²) in [5.74, 6) is 0.141. The van der Waals surface area contributed by atoms with Gasteiger partial charge in [0.1, 0.15) is 22.1 Å². The van der Waals surface area contributed by atoms with Crippen LogP contribution in [0.4, 0.5) is 4.39 Å². The van der Waals surface area contributed by atoms with Crippen molar-refractivity contribution in [3.05, 3.63) is 52.7 Å². The maximum Gasteiger partial charge on any atom is 0.154 e. The van der Waals surface area contributed by atoms with E-state index in [-0.39, 0.29) is 5.02 Å². The molecular formula is C15H8ClFN2OS. The second kappa shape index (κ2) is 4.72. The second-order valence-electron chi connectivity index (χ2n) is 4.54. The van der Waals surface area contributed by atoms with Crippen molar-refractivity contribution in [2.45, 2.75) is 0 Å². The first-order chi connectivity index (χ1) is 10.2. The lowest BCUT2D eigenvalue weighted by molar-refractivity contribution is 0.618. The number of hydrogen-bond acceptors (Lipinski definition) is 3. The summed E-state index contributed by atoms with van der Waals surface area (Å²) in [5.41, 5.74) is 2.22. The molecule has 0 spiro atoms. The normalized spacial score (nSPS) is 11.3. The molecule has 0 unspecified atom stereocenters. The maximum absolute atomic E-state index is 13.5. The predicted octanol–water partition coefficient (Wildman–Crippen LogP) is 5.34. The molecule has 21 heavy (non-hydrogen) atoms. The Morgan fingerprint density at radius 3 is 3.00 bits per heavy atom. The van der Waals surface area contributed by atoms with Gasteiger partial charge in [0.25, 0.3) is 0 Å². The molecule has 1 N–H and O–H groups in total. The number of hydrogen-bond donors (Lipinski definition) is 1. The van der Waals surface area contributed by atoms with Gasteiger partial charge in [-0.2, -0.15) is 0 Å². The van der Waals surface area contributed by atoms with Crippen molar-refractivity contribution >= 4 is 33.9 Å². The summed E-state index contributed by atoms with van der Waals surface area (Å²) >= 11 is 7.28. The number of nitrogens with zero attached hydrogens (tertiary/aromatic N) is 1. The Balaban J connectivity index is 1.80. The topological polar surface area (TPSA) is 41.8 Å². The minimum Gasteiger partial charge on any atom is -0.454 e. The lowest BCUT2D eigenvalue weighted by Crippen LogP contribution is -1.76. The van der Waals surface area contributed by atoms with Crippen LogP contribution in [0.15, 0.2) is 46.3 Å². The van der Waals surface area contributed by atoms with Crippen LogP contribution in [0.25, 0.3) is 33.1 Å². The Morgan fingerprint density at radius 1 is 1.29 bits per heavy atom. The molecule has 3 heterocycles. The van der Waals surface area contributed by atoms with E-state index in [2.05, 4.69) is 9.97 Å². The zero-order valence-electron chi connectivity index (χ0n) is 10.6. The molecule has 0 atom stereocenters. The smallest absolute Gasteiger partial charge is 0.154 e. The van der Waals surface area contributed by atoms with Crippen LogP contribution in [0.2, 0.25) is 5.02 Å². The number of nitrogens with one attached hydrogen (secondary N) is 1. The van der Waals surface area contributed by atoms with E-state index < -0.39 is 5.82 Å². The van der Waals surface area contributed by atoms with E-state index in [1.54, 1.807) is 6.07 Å². The third kappa shape index (κ3) is 2.14. The quantitative estimate of drug-likeness (QED) is 0.541. The summed E-state index contributed by atoms with van der Waals surface area (Å²) in [6.07, 6.45) is 1.85. The number of benzene rings is 1. The highest BCUT2D eigenvalue weighted by Crippen LogP contribution is 2.33. The number of fused-ring (bicyclic) bond motifs is 1. The molecule has 0 fully saturated rings. The van der Waals surface area contributed by atoms with Crippen LogP contribution < -0.4 is 0 Å². The number of aromatic nitrogens is 2. The predicted molar refractivity (Wildman–Crippen MR) is 82.1 cm³/mol. The van der Waals surface area contributed by atoms with Gasteiger partial charge in [-0.05, 0) is 24.3 Å². The van der Waals surface area contributed by atoms with Crippen molar-refractivity contribution in [3.63, 3.8) is 0 Å². The summed E-state index contributed by atoms with van der Waals surface area (Å²) < 4.78 is 19.2. The highest BCUT2D eigenvalue weighted by Gasteiger charge is 2.13. The summed E-state index contributed by atoms with van der Waals surface area (Å²) in [6.45, 7) is 0.